The first-order valence-electron chi connectivity index (χ1n) is 4.23. The van der Waals surface area contributed by atoms with Crippen LogP contribution in [0.15, 0.2) is 22.7 Å². The van der Waals surface area contributed by atoms with Crippen molar-refractivity contribution in [2.24, 2.45) is 5.84 Å². The Morgan fingerprint density at radius 1 is 1.60 bits per heavy atom. The van der Waals surface area contributed by atoms with Crippen molar-refractivity contribution < 1.29 is 9.53 Å². The highest BCUT2D eigenvalue weighted by Crippen LogP contribution is 2.25. The van der Waals surface area contributed by atoms with Gasteiger partial charge in [0.05, 0.1) is 6.61 Å². The summed E-state index contributed by atoms with van der Waals surface area (Å²) in [4.78, 5) is 11.0. The van der Waals surface area contributed by atoms with E-state index in [-0.39, 0.29) is 0 Å². The summed E-state index contributed by atoms with van der Waals surface area (Å²) in [6.45, 7) is 0.404. The molecule has 15 heavy (non-hydrogen) atoms. The van der Waals surface area contributed by atoms with Crippen LogP contribution in [-0.4, -0.2) is 13.1 Å². The Morgan fingerprint density at radius 3 is 2.93 bits per heavy atom. The zero-order chi connectivity index (χ0) is 11.3. The summed E-state index contributed by atoms with van der Waals surface area (Å²) >= 11 is 3.38. The molecular weight excluding hydrogens is 262 g/mol. The summed E-state index contributed by atoms with van der Waals surface area (Å²) in [6.07, 6.45) is 0. The molecule has 0 aliphatic carbocycles. The smallest absolute Gasteiger partial charge is 0.333 e. The number of anilines is 1. The molecule has 5 nitrogen and oxygen atoms in total. The van der Waals surface area contributed by atoms with Crippen LogP contribution in [0.2, 0.25) is 0 Å². The molecule has 1 aromatic rings. The van der Waals surface area contributed by atoms with Crippen LogP contribution in [0.1, 0.15) is 5.56 Å². The Labute approximate surface area is 96.1 Å². The molecule has 0 aromatic heterocycles. The third-order valence-corrected chi connectivity index (χ3v) is 2.53. The second-order valence-corrected chi connectivity index (χ2v) is 3.65. The Balaban J connectivity index is 2.94. The lowest BCUT2D eigenvalue weighted by atomic mass is 10.2. The maximum atomic E-state index is 11.0. The molecular formula is C9H12BrN3O2. The van der Waals surface area contributed by atoms with E-state index in [2.05, 4.69) is 21.2 Å². The predicted octanol–water partition coefficient (Wildman–Crippen LogP) is 1.59. The van der Waals surface area contributed by atoms with Crippen molar-refractivity contribution in [1.29, 1.82) is 0 Å². The van der Waals surface area contributed by atoms with Crippen molar-refractivity contribution in [3.8, 4) is 0 Å². The van der Waals surface area contributed by atoms with Gasteiger partial charge in [0, 0.05) is 22.8 Å². The minimum atomic E-state index is -0.467. The van der Waals surface area contributed by atoms with Gasteiger partial charge in [-0.3, -0.25) is 5.43 Å². The molecule has 0 aliphatic heterocycles. The number of hydrogen-bond donors (Lipinski definition) is 3. The van der Waals surface area contributed by atoms with Crippen LogP contribution < -0.4 is 16.6 Å². The molecule has 0 bridgehead atoms. The first-order valence-corrected chi connectivity index (χ1v) is 5.02. The molecule has 0 aliphatic rings. The normalized spacial score (nSPS) is 9.80. The number of carbonyl (C=O) groups excluding carboxylic acids is 1. The van der Waals surface area contributed by atoms with Crippen molar-refractivity contribution in [3.63, 3.8) is 0 Å². The number of carbonyl (C=O) groups is 1. The molecule has 0 atom stereocenters. The summed E-state index contributed by atoms with van der Waals surface area (Å²) in [5.41, 5.74) is 3.52. The second-order valence-electron chi connectivity index (χ2n) is 2.80. The Hall–Kier alpha value is -1.11. The van der Waals surface area contributed by atoms with Gasteiger partial charge >= 0.3 is 6.03 Å². The van der Waals surface area contributed by atoms with Crippen LogP contribution in [0.25, 0.3) is 0 Å². The maximum absolute atomic E-state index is 11.0. The lowest BCUT2D eigenvalue weighted by Gasteiger charge is -2.11. The molecule has 0 spiro atoms. The number of hydrazine groups is 1. The third-order valence-electron chi connectivity index (χ3n) is 1.79. The van der Waals surface area contributed by atoms with Gasteiger partial charge in [0.25, 0.3) is 0 Å². The number of hydrogen-bond acceptors (Lipinski definition) is 3. The summed E-state index contributed by atoms with van der Waals surface area (Å²) < 4.78 is 5.91. The summed E-state index contributed by atoms with van der Waals surface area (Å²) in [5, 5.41) is 2.60. The molecule has 82 valence electrons. The predicted molar refractivity (Wildman–Crippen MR) is 61.2 cm³/mol. The van der Waals surface area contributed by atoms with Gasteiger partial charge < -0.3 is 10.1 Å². The van der Waals surface area contributed by atoms with E-state index in [9.17, 15) is 4.79 Å². The maximum Gasteiger partial charge on any atom is 0.333 e. The quantitative estimate of drug-likeness (QED) is 0.445. The Kier molecular flexibility index (Phi) is 4.54. The first kappa shape index (κ1) is 12.0. The molecule has 2 amide bonds. The van der Waals surface area contributed by atoms with E-state index in [1.807, 2.05) is 17.6 Å². The van der Waals surface area contributed by atoms with Crippen LogP contribution >= 0.6 is 15.9 Å². The van der Waals surface area contributed by atoms with E-state index < -0.39 is 6.03 Å². The number of methoxy groups -OCH3 is 1. The molecule has 0 unspecified atom stereocenters. The fraction of sp³-hybridized carbons (Fsp3) is 0.222. The van der Waals surface area contributed by atoms with Crippen molar-refractivity contribution >= 4 is 27.6 Å². The minimum absolute atomic E-state index is 0.404. The molecule has 0 saturated heterocycles. The zero-order valence-electron chi connectivity index (χ0n) is 8.21. The topological polar surface area (TPSA) is 76.4 Å². The van der Waals surface area contributed by atoms with Crippen molar-refractivity contribution in [3.05, 3.63) is 28.2 Å². The highest BCUT2D eigenvalue weighted by molar-refractivity contribution is 9.10. The molecule has 1 rings (SSSR count). The highest BCUT2D eigenvalue weighted by Gasteiger charge is 2.08. The van der Waals surface area contributed by atoms with Gasteiger partial charge in [0.15, 0.2) is 0 Å². The van der Waals surface area contributed by atoms with Gasteiger partial charge in [-0.25, -0.2) is 10.6 Å². The number of amides is 2. The lowest BCUT2D eigenvalue weighted by molar-refractivity contribution is 0.185. The number of benzene rings is 1. The largest absolute Gasteiger partial charge is 0.380 e. The molecule has 0 radical (unpaired) electrons. The van der Waals surface area contributed by atoms with Gasteiger partial charge in [-0.1, -0.05) is 22.0 Å². The van der Waals surface area contributed by atoms with Gasteiger partial charge in [-0.15, -0.1) is 0 Å². The van der Waals surface area contributed by atoms with E-state index in [4.69, 9.17) is 10.6 Å². The van der Waals surface area contributed by atoms with E-state index in [0.717, 1.165) is 10.0 Å². The Bertz CT molecular complexity index is 357. The van der Waals surface area contributed by atoms with Crippen molar-refractivity contribution in [2.45, 2.75) is 6.61 Å². The molecule has 6 heteroatoms. The fourth-order valence-electron chi connectivity index (χ4n) is 1.13. The number of urea groups is 1. The SMILES string of the molecule is COCc1c(Br)cccc1NC(=O)NN. The fourth-order valence-corrected chi connectivity index (χ4v) is 1.61. The van der Waals surface area contributed by atoms with Gasteiger partial charge in [0.1, 0.15) is 0 Å². The van der Waals surface area contributed by atoms with E-state index in [1.54, 1.807) is 13.2 Å². The van der Waals surface area contributed by atoms with Crippen molar-refractivity contribution in [2.75, 3.05) is 12.4 Å². The van der Waals surface area contributed by atoms with Crippen LogP contribution in [0.5, 0.6) is 0 Å². The summed E-state index contributed by atoms with van der Waals surface area (Å²) in [5.74, 6) is 4.98. The number of nitrogens with two attached hydrogens (primary N) is 1. The van der Waals surface area contributed by atoms with E-state index in [0.29, 0.717) is 12.3 Å². The Morgan fingerprint density at radius 2 is 2.33 bits per heavy atom. The molecule has 0 fully saturated rings. The van der Waals surface area contributed by atoms with Crippen LogP contribution in [0.4, 0.5) is 10.5 Å². The number of rotatable bonds is 3. The van der Waals surface area contributed by atoms with Gasteiger partial charge in [-0.05, 0) is 12.1 Å². The molecule has 0 heterocycles. The van der Waals surface area contributed by atoms with Gasteiger partial charge in [-0.2, -0.15) is 0 Å². The minimum Gasteiger partial charge on any atom is -0.380 e. The average Bonchev–Trinajstić information content (AvgIpc) is 2.23. The lowest BCUT2D eigenvalue weighted by Crippen LogP contribution is -2.34. The third kappa shape index (κ3) is 3.19. The van der Waals surface area contributed by atoms with E-state index >= 15 is 0 Å². The highest BCUT2D eigenvalue weighted by atomic mass is 79.9. The number of halogens is 1. The molecule has 4 N–H and O–H groups in total. The molecule has 0 saturated carbocycles. The number of nitrogens with one attached hydrogen (secondary N) is 2. The summed E-state index contributed by atoms with van der Waals surface area (Å²) in [6, 6.07) is 4.99. The second kappa shape index (κ2) is 5.69. The van der Waals surface area contributed by atoms with Gasteiger partial charge in [0.2, 0.25) is 0 Å². The van der Waals surface area contributed by atoms with Crippen LogP contribution in [-0.2, 0) is 11.3 Å². The monoisotopic (exact) mass is 273 g/mol. The average molecular weight is 274 g/mol. The zero-order valence-corrected chi connectivity index (χ0v) is 9.80. The molecule has 1 aromatic carbocycles. The number of ether oxygens (including phenoxy) is 1. The van der Waals surface area contributed by atoms with Crippen molar-refractivity contribution in [1.82, 2.24) is 5.43 Å². The summed E-state index contributed by atoms with van der Waals surface area (Å²) in [7, 11) is 1.59. The van der Waals surface area contributed by atoms with E-state index in [1.165, 1.54) is 0 Å². The van der Waals surface area contributed by atoms with Crippen LogP contribution in [0, 0.1) is 0 Å². The standard InChI is InChI=1S/C9H12BrN3O2/c1-15-5-6-7(10)3-2-4-8(6)12-9(14)13-11/h2-4H,5,11H2,1H3,(H2,12,13,14). The van der Waals surface area contributed by atoms with Crippen LogP contribution in [0.3, 0.4) is 0 Å². The first-order chi connectivity index (χ1) is 7.19.